The third kappa shape index (κ3) is 5.75. The van der Waals surface area contributed by atoms with E-state index in [9.17, 15) is 9.90 Å². The van der Waals surface area contributed by atoms with E-state index in [1.807, 2.05) is 13.0 Å². The molecule has 0 aliphatic carbocycles. The molecule has 25 heavy (non-hydrogen) atoms. The van der Waals surface area contributed by atoms with Crippen LogP contribution in [-0.4, -0.2) is 32.9 Å². The van der Waals surface area contributed by atoms with Crippen molar-refractivity contribution >= 4 is 39.7 Å². The summed E-state index contributed by atoms with van der Waals surface area (Å²) in [5.41, 5.74) is 0.644. The Labute approximate surface area is 158 Å². The number of aromatic nitrogens is 3. The first-order valence-electron chi connectivity index (χ1n) is 7.60. The van der Waals surface area contributed by atoms with E-state index in [-0.39, 0.29) is 4.91 Å². The molecule has 0 aliphatic rings. The van der Waals surface area contributed by atoms with Gasteiger partial charge in [-0.25, -0.2) is 9.78 Å². The minimum absolute atomic E-state index is 0.101. The smallest absolute Gasteiger partial charge is 0.342 e. The van der Waals surface area contributed by atoms with Gasteiger partial charge in [0.25, 0.3) is 0 Å². The number of benzene rings is 1. The van der Waals surface area contributed by atoms with Crippen molar-refractivity contribution in [2.24, 2.45) is 0 Å². The van der Waals surface area contributed by atoms with Crippen LogP contribution >= 0.6 is 27.7 Å². The molecule has 0 amide bonds. The second-order valence-electron chi connectivity index (χ2n) is 5.01. The fourth-order valence-corrected chi connectivity index (χ4v) is 3.05. The topological polar surface area (TPSA) is 88.1 Å². The van der Waals surface area contributed by atoms with Gasteiger partial charge in [0.1, 0.15) is 23.1 Å². The van der Waals surface area contributed by atoms with Gasteiger partial charge >= 0.3 is 5.97 Å². The lowest BCUT2D eigenvalue weighted by atomic mass is 10.2. The number of halogens is 1. The highest BCUT2D eigenvalue weighted by molar-refractivity contribution is 9.10. The van der Waals surface area contributed by atoms with Crippen LogP contribution < -0.4 is 4.74 Å². The Hall–Kier alpha value is -2.06. The van der Waals surface area contributed by atoms with Crippen molar-refractivity contribution in [2.45, 2.75) is 24.9 Å². The van der Waals surface area contributed by atoms with Crippen LogP contribution in [-0.2, 0) is 11.2 Å². The molecule has 0 aliphatic heterocycles. The highest BCUT2D eigenvalue weighted by atomic mass is 79.9. The van der Waals surface area contributed by atoms with Crippen molar-refractivity contribution in [3.05, 3.63) is 51.6 Å². The molecule has 0 spiro atoms. The molecular weight excluding hydrogens is 406 g/mol. The maximum atomic E-state index is 11.6. The molecule has 132 valence electrons. The van der Waals surface area contributed by atoms with Gasteiger partial charge in [-0.05, 0) is 42.5 Å². The Balaban J connectivity index is 2.30. The van der Waals surface area contributed by atoms with Crippen molar-refractivity contribution in [1.29, 1.82) is 0 Å². The fraction of sp³-hybridized carbons (Fsp3) is 0.235. The zero-order valence-corrected chi connectivity index (χ0v) is 16.1. The number of rotatable bonds is 9. The first kappa shape index (κ1) is 19.3. The Morgan fingerprint density at radius 2 is 2.32 bits per heavy atom. The Kier molecular flexibility index (Phi) is 7.27. The van der Waals surface area contributed by atoms with Crippen LogP contribution in [0.3, 0.4) is 0 Å². The monoisotopic (exact) mass is 423 g/mol. The summed E-state index contributed by atoms with van der Waals surface area (Å²) < 4.78 is 6.41. The average Bonchev–Trinajstić information content (AvgIpc) is 3.01. The van der Waals surface area contributed by atoms with E-state index >= 15 is 0 Å². The second kappa shape index (κ2) is 9.43. The summed E-state index contributed by atoms with van der Waals surface area (Å²) in [6.45, 7) is 5.99. The van der Waals surface area contributed by atoms with Gasteiger partial charge < -0.3 is 9.84 Å². The molecule has 2 aromatic rings. The number of aromatic amines is 1. The number of carboxylic acid groups (broad SMARTS) is 1. The van der Waals surface area contributed by atoms with E-state index in [2.05, 4.69) is 37.7 Å². The minimum atomic E-state index is -1.05. The summed E-state index contributed by atoms with van der Waals surface area (Å²) in [7, 11) is 0. The van der Waals surface area contributed by atoms with Crippen LogP contribution in [0.2, 0.25) is 0 Å². The first-order valence-corrected chi connectivity index (χ1v) is 9.21. The van der Waals surface area contributed by atoms with Gasteiger partial charge in [0.05, 0.1) is 0 Å². The highest BCUT2D eigenvalue weighted by Gasteiger charge is 2.15. The molecule has 1 aromatic carbocycles. The van der Waals surface area contributed by atoms with E-state index in [0.717, 1.165) is 34.9 Å². The van der Waals surface area contributed by atoms with Crippen molar-refractivity contribution in [3.8, 4) is 5.75 Å². The van der Waals surface area contributed by atoms with E-state index in [4.69, 9.17) is 4.74 Å². The molecular formula is C17H18BrN3O3S. The van der Waals surface area contributed by atoms with Crippen LogP contribution in [0.1, 0.15) is 24.7 Å². The second-order valence-corrected chi connectivity index (χ2v) is 6.94. The van der Waals surface area contributed by atoms with E-state index in [0.29, 0.717) is 23.1 Å². The lowest BCUT2D eigenvalue weighted by Crippen LogP contribution is -1.99. The predicted molar refractivity (Wildman–Crippen MR) is 102 cm³/mol. The third-order valence-electron chi connectivity index (χ3n) is 3.03. The zero-order valence-electron chi connectivity index (χ0n) is 13.7. The number of hydrogen-bond acceptors (Lipinski definition) is 5. The van der Waals surface area contributed by atoms with Crippen molar-refractivity contribution in [2.75, 3.05) is 6.61 Å². The van der Waals surface area contributed by atoms with Crippen molar-refractivity contribution in [3.63, 3.8) is 0 Å². The normalized spacial score (nSPS) is 11.4. The van der Waals surface area contributed by atoms with Crippen molar-refractivity contribution < 1.29 is 14.6 Å². The largest absolute Gasteiger partial charge is 0.489 e. The van der Waals surface area contributed by atoms with E-state index in [1.165, 1.54) is 0 Å². The number of aryl methyl sites for hydroxylation is 1. The maximum absolute atomic E-state index is 11.6. The molecule has 0 radical (unpaired) electrons. The maximum Gasteiger partial charge on any atom is 0.342 e. The van der Waals surface area contributed by atoms with Crippen LogP contribution in [0.15, 0.2) is 45.4 Å². The summed E-state index contributed by atoms with van der Waals surface area (Å²) in [5.74, 6) is 0.262. The predicted octanol–water partition coefficient (Wildman–Crippen LogP) is 4.30. The molecule has 0 unspecified atom stereocenters. The lowest BCUT2D eigenvalue weighted by Gasteiger charge is -2.08. The number of ether oxygens (including phenoxy) is 1. The van der Waals surface area contributed by atoms with Crippen LogP contribution in [0.25, 0.3) is 6.08 Å². The number of carbonyl (C=O) groups is 1. The number of aliphatic carboxylic acids is 1. The molecule has 2 N–H and O–H groups in total. The summed E-state index contributed by atoms with van der Waals surface area (Å²) in [6, 6.07) is 5.40. The van der Waals surface area contributed by atoms with Gasteiger partial charge in [-0.3, -0.25) is 5.10 Å². The highest BCUT2D eigenvalue weighted by Crippen LogP contribution is 2.30. The fourth-order valence-electron chi connectivity index (χ4n) is 1.96. The number of nitrogens with one attached hydrogen (secondary N) is 1. The summed E-state index contributed by atoms with van der Waals surface area (Å²) in [6.07, 6.45) is 4.88. The summed E-state index contributed by atoms with van der Waals surface area (Å²) >= 11 is 4.38. The molecule has 6 nitrogen and oxygen atoms in total. The first-order chi connectivity index (χ1) is 12.0. The molecule has 1 heterocycles. The lowest BCUT2D eigenvalue weighted by molar-refractivity contribution is -0.131. The Morgan fingerprint density at radius 1 is 1.52 bits per heavy atom. The molecule has 2 rings (SSSR count). The summed E-state index contributed by atoms with van der Waals surface area (Å²) in [4.78, 5) is 16.0. The molecule has 0 atom stereocenters. The van der Waals surface area contributed by atoms with Gasteiger partial charge in [-0.15, -0.1) is 5.10 Å². The number of hydrogen-bond donors (Lipinski definition) is 2. The Morgan fingerprint density at radius 3 is 3.00 bits per heavy atom. The zero-order chi connectivity index (χ0) is 18.2. The van der Waals surface area contributed by atoms with E-state index in [1.54, 1.807) is 24.3 Å². The van der Waals surface area contributed by atoms with Gasteiger partial charge in [-0.1, -0.05) is 35.5 Å². The van der Waals surface area contributed by atoms with E-state index < -0.39 is 5.97 Å². The molecule has 0 bridgehead atoms. The van der Waals surface area contributed by atoms with Gasteiger partial charge in [0.15, 0.2) is 0 Å². The molecule has 0 fully saturated rings. The number of H-pyrrole nitrogens is 1. The molecule has 8 heteroatoms. The average molecular weight is 424 g/mol. The standard InChI is InChI=1S/C17H18BrN3O3S/c1-3-5-15-19-17(21-20-15)25-14(16(22)23)10-11-9-12(18)6-7-13(11)24-8-4-2/h4,6-7,9-10H,2-3,5,8H2,1H3,(H,22,23)(H,19,20,21)/b14-10-. The van der Waals surface area contributed by atoms with Crippen molar-refractivity contribution in [1.82, 2.24) is 15.2 Å². The van der Waals surface area contributed by atoms with Crippen LogP contribution in [0, 0.1) is 0 Å². The van der Waals surface area contributed by atoms with Gasteiger partial charge in [0.2, 0.25) is 5.16 Å². The van der Waals surface area contributed by atoms with Crippen LogP contribution in [0.4, 0.5) is 0 Å². The minimum Gasteiger partial charge on any atom is -0.489 e. The number of thioether (sulfide) groups is 1. The van der Waals surface area contributed by atoms with Gasteiger partial charge in [-0.2, -0.15) is 0 Å². The Bertz CT molecular complexity index is 789. The summed E-state index contributed by atoms with van der Waals surface area (Å²) in [5, 5.41) is 16.8. The van der Waals surface area contributed by atoms with Gasteiger partial charge in [0, 0.05) is 16.5 Å². The number of nitrogens with zero attached hydrogens (tertiary/aromatic N) is 2. The third-order valence-corrected chi connectivity index (χ3v) is 4.40. The molecule has 0 saturated heterocycles. The van der Waals surface area contributed by atoms with Crippen LogP contribution in [0.5, 0.6) is 5.75 Å². The molecule has 0 saturated carbocycles. The number of carboxylic acids is 1. The quantitative estimate of drug-likeness (QED) is 0.355. The molecule has 1 aromatic heterocycles. The SMILES string of the molecule is C=CCOc1ccc(Br)cc1/C=C(\Sc1n[nH]c(CCC)n1)C(=O)O.